The van der Waals surface area contributed by atoms with Crippen LogP contribution in [0, 0.1) is 0 Å². The van der Waals surface area contributed by atoms with Crippen molar-refractivity contribution in [2.24, 2.45) is 7.05 Å². The number of nitrogens with zero attached hydrogens (tertiary/aromatic N) is 4. The highest BCUT2D eigenvalue weighted by Gasteiger charge is 2.10. The highest BCUT2D eigenvalue weighted by Crippen LogP contribution is 2.16. The number of halogens is 1. The maximum Gasteiger partial charge on any atom is 0.251 e. The number of rotatable bonds is 4. The van der Waals surface area contributed by atoms with Gasteiger partial charge in [0.25, 0.3) is 5.91 Å². The van der Waals surface area contributed by atoms with E-state index in [-0.39, 0.29) is 5.91 Å². The van der Waals surface area contributed by atoms with Gasteiger partial charge < -0.3 is 5.32 Å². The average molecular weight is 328 g/mol. The van der Waals surface area contributed by atoms with Gasteiger partial charge in [-0.25, -0.2) is 4.68 Å². The quantitative estimate of drug-likeness (QED) is 0.799. The Hall–Kier alpha value is -2.73. The van der Waals surface area contributed by atoms with Gasteiger partial charge in [0.1, 0.15) is 0 Å². The smallest absolute Gasteiger partial charge is 0.251 e. The number of aryl methyl sites for hydroxylation is 1. The Morgan fingerprint density at radius 1 is 1.22 bits per heavy atom. The van der Waals surface area contributed by atoms with E-state index >= 15 is 0 Å². The number of tetrazole rings is 1. The van der Waals surface area contributed by atoms with Gasteiger partial charge in [0.15, 0.2) is 5.82 Å². The van der Waals surface area contributed by atoms with Crippen molar-refractivity contribution in [2.45, 2.75) is 6.54 Å². The Kier molecular flexibility index (Phi) is 4.34. The van der Waals surface area contributed by atoms with Crippen LogP contribution in [0.5, 0.6) is 0 Å². The Labute approximate surface area is 138 Å². The van der Waals surface area contributed by atoms with Gasteiger partial charge in [-0.15, -0.1) is 5.10 Å². The summed E-state index contributed by atoms with van der Waals surface area (Å²) in [5.41, 5.74) is 2.33. The van der Waals surface area contributed by atoms with E-state index in [4.69, 9.17) is 11.6 Å². The van der Waals surface area contributed by atoms with Crippen LogP contribution >= 0.6 is 11.6 Å². The van der Waals surface area contributed by atoms with E-state index < -0.39 is 0 Å². The first-order valence-corrected chi connectivity index (χ1v) is 7.37. The molecular formula is C16H14ClN5O. The van der Waals surface area contributed by atoms with Crippen LogP contribution in [0.2, 0.25) is 5.02 Å². The summed E-state index contributed by atoms with van der Waals surface area (Å²) in [5.74, 6) is 0.453. The van der Waals surface area contributed by atoms with Crippen LogP contribution in [0.1, 0.15) is 15.9 Å². The zero-order chi connectivity index (χ0) is 16.2. The monoisotopic (exact) mass is 327 g/mol. The van der Waals surface area contributed by atoms with Crippen molar-refractivity contribution in [3.63, 3.8) is 0 Å². The van der Waals surface area contributed by atoms with Crippen LogP contribution in [0.4, 0.5) is 0 Å². The standard InChI is InChI=1S/C16H14ClN5O/c1-22-15(19-20-21-22)12-3-2-4-13(9-12)16(23)18-10-11-5-7-14(17)8-6-11/h2-9H,10H2,1H3,(H,18,23). The predicted octanol–water partition coefficient (Wildman–Crippen LogP) is 2.46. The van der Waals surface area contributed by atoms with Gasteiger partial charge in [0.2, 0.25) is 0 Å². The molecule has 116 valence electrons. The summed E-state index contributed by atoms with van der Waals surface area (Å²) in [7, 11) is 1.75. The predicted molar refractivity (Wildman–Crippen MR) is 86.9 cm³/mol. The Morgan fingerprint density at radius 2 is 2.00 bits per heavy atom. The molecule has 1 amide bonds. The summed E-state index contributed by atoms with van der Waals surface area (Å²) in [6.07, 6.45) is 0. The summed E-state index contributed by atoms with van der Waals surface area (Å²) < 4.78 is 1.56. The molecule has 0 saturated heterocycles. The van der Waals surface area contributed by atoms with Gasteiger partial charge in [-0.1, -0.05) is 35.9 Å². The normalized spacial score (nSPS) is 10.5. The van der Waals surface area contributed by atoms with Crippen LogP contribution in [-0.2, 0) is 13.6 Å². The summed E-state index contributed by atoms with van der Waals surface area (Å²) in [6.45, 7) is 0.436. The van der Waals surface area contributed by atoms with E-state index in [0.29, 0.717) is 23.0 Å². The van der Waals surface area contributed by atoms with E-state index in [1.165, 1.54) is 0 Å². The molecule has 3 aromatic rings. The SMILES string of the molecule is Cn1nnnc1-c1cccc(C(=O)NCc2ccc(Cl)cc2)c1. The molecule has 7 heteroatoms. The van der Waals surface area contributed by atoms with Gasteiger partial charge in [0, 0.05) is 29.7 Å². The molecule has 1 N–H and O–H groups in total. The van der Waals surface area contributed by atoms with E-state index in [0.717, 1.165) is 11.1 Å². The van der Waals surface area contributed by atoms with Gasteiger partial charge in [-0.05, 0) is 40.3 Å². The van der Waals surface area contributed by atoms with Crippen LogP contribution in [-0.4, -0.2) is 26.1 Å². The second kappa shape index (κ2) is 6.58. The molecule has 0 aliphatic heterocycles. The molecule has 23 heavy (non-hydrogen) atoms. The lowest BCUT2D eigenvalue weighted by Crippen LogP contribution is -2.22. The minimum absolute atomic E-state index is 0.156. The molecule has 0 radical (unpaired) electrons. The minimum atomic E-state index is -0.156. The third-order valence-corrected chi connectivity index (χ3v) is 3.62. The number of nitrogens with one attached hydrogen (secondary N) is 1. The van der Waals surface area contributed by atoms with Crippen LogP contribution in [0.3, 0.4) is 0 Å². The Bertz CT molecular complexity index is 828. The first kappa shape index (κ1) is 15.2. The first-order valence-electron chi connectivity index (χ1n) is 6.99. The number of aromatic nitrogens is 4. The number of carbonyl (C=O) groups is 1. The van der Waals surface area contributed by atoms with E-state index in [2.05, 4.69) is 20.8 Å². The molecule has 2 aromatic carbocycles. The van der Waals surface area contributed by atoms with Crippen molar-refractivity contribution in [1.82, 2.24) is 25.5 Å². The third-order valence-electron chi connectivity index (χ3n) is 3.37. The van der Waals surface area contributed by atoms with E-state index in [1.807, 2.05) is 18.2 Å². The number of benzene rings is 2. The maximum absolute atomic E-state index is 12.3. The van der Waals surface area contributed by atoms with Crippen molar-refractivity contribution in [1.29, 1.82) is 0 Å². The fourth-order valence-electron chi connectivity index (χ4n) is 2.16. The number of carbonyl (C=O) groups excluding carboxylic acids is 1. The molecule has 0 saturated carbocycles. The Morgan fingerprint density at radius 3 is 2.70 bits per heavy atom. The van der Waals surface area contributed by atoms with Crippen LogP contribution in [0.25, 0.3) is 11.4 Å². The second-order valence-electron chi connectivity index (χ2n) is 5.02. The molecule has 0 aliphatic rings. The lowest BCUT2D eigenvalue weighted by atomic mass is 10.1. The van der Waals surface area contributed by atoms with E-state index in [1.54, 1.807) is 42.1 Å². The summed E-state index contributed by atoms with van der Waals surface area (Å²) in [6, 6.07) is 14.5. The number of amides is 1. The molecule has 0 atom stereocenters. The van der Waals surface area contributed by atoms with Crippen molar-refractivity contribution < 1.29 is 4.79 Å². The fraction of sp³-hybridized carbons (Fsp3) is 0.125. The highest BCUT2D eigenvalue weighted by atomic mass is 35.5. The molecule has 0 aliphatic carbocycles. The van der Waals surface area contributed by atoms with Crippen LogP contribution < -0.4 is 5.32 Å². The fourth-order valence-corrected chi connectivity index (χ4v) is 2.29. The minimum Gasteiger partial charge on any atom is -0.348 e. The molecule has 1 heterocycles. The lowest BCUT2D eigenvalue weighted by Gasteiger charge is -2.07. The largest absolute Gasteiger partial charge is 0.348 e. The lowest BCUT2D eigenvalue weighted by molar-refractivity contribution is 0.0951. The molecule has 0 bridgehead atoms. The maximum atomic E-state index is 12.3. The zero-order valence-corrected chi connectivity index (χ0v) is 13.2. The van der Waals surface area contributed by atoms with Crippen molar-refractivity contribution in [3.8, 4) is 11.4 Å². The molecule has 6 nitrogen and oxygen atoms in total. The molecule has 0 fully saturated rings. The molecule has 3 rings (SSSR count). The topological polar surface area (TPSA) is 72.7 Å². The van der Waals surface area contributed by atoms with Gasteiger partial charge >= 0.3 is 0 Å². The van der Waals surface area contributed by atoms with Crippen LogP contribution in [0.15, 0.2) is 48.5 Å². The summed E-state index contributed by atoms with van der Waals surface area (Å²) in [4.78, 5) is 12.3. The van der Waals surface area contributed by atoms with Crippen molar-refractivity contribution >= 4 is 17.5 Å². The molecule has 1 aromatic heterocycles. The summed E-state index contributed by atoms with van der Waals surface area (Å²) in [5, 5.41) is 14.9. The Balaban J connectivity index is 1.72. The highest BCUT2D eigenvalue weighted by molar-refractivity contribution is 6.30. The van der Waals surface area contributed by atoms with E-state index in [9.17, 15) is 4.79 Å². The van der Waals surface area contributed by atoms with Crippen molar-refractivity contribution in [2.75, 3.05) is 0 Å². The molecule has 0 spiro atoms. The number of hydrogen-bond acceptors (Lipinski definition) is 4. The zero-order valence-electron chi connectivity index (χ0n) is 12.4. The number of hydrogen-bond donors (Lipinski definition) is 1. The van der Waals surface area contributed by atoms with Gasteiger partial charge in [0.05, 0.1) is 0 Å². The second-order valence-corrected chi connectivity index (χ2v) is 5.45. The third kappa shape index (κ3) is 3.54. The van der Waals surface area contributed by atoms with Gasteiger partial charge in [-0.3, -0.25) is 4.79 Å². The average Bonchev–Trinajstić information content (AvgIpc) is 3.00. The molecule has 0 unspecified atom stereocenters. The first-order chi connectivity index (χ1) is 11.1. The molecular weight excluding hydrogens is 314 g/mol. The van der Waals surface area contributed by atoms with Crippen molar-refractivity contribution in [3.05, 3.63) is 64.7 Å². The van der Waals surface area contributed by atoms with Gasteiger partial charge in [-0.2, -0.15) is 0 Å². The summed E-state index contributed by atoms with van der Waals surface area (Å²) >= 11 is 5.84.